The molecule has 0 aliphatic carbocycles. The largest absolute Gasteiger partial charge is 0.341 e. The predicted octanol–water partition coefficient (Wildman–Crippen LogP) is 3.57. The fraction of sp³-hybridized carbons (Fsp3) is 0.938. The molecule has 3 nitrogen and oxygen atoms in total. The second-order valence-corrected chi connectivity index (χ2v) is 6.58. The van der Waals surface area contributed by atoms with Crippen molar-refractivity contribution in [3.63, 3.8) is 0 Å². The summed E-state index contributed by atoms with van der Waals surface area (Å²) in [6, 6.07) is -0.393. The molecule has 0 aromatic heterocycles. The summed E-state index contributed by atoms with van der Waals surface area (Å²) in [6.45, 7) is 12.2. The number of hydrogen-bond donors (Lipinski definition) is 1. The van der Waals surface area contributed by atoms with E-state index in [2.05, 4.69) is 13.8 Å². The van der Waals surface area contributed by atoms with Crippen LogP contribution in [0.3, 0.4) is 0 Å². The highest BCUT2D eigenvalue weighted by molar-refractivity contribution is 5.82. The summed E-state index contributed by atoms with van der Waals surface area (Å²) in [5.74, 6) is 0.125. The maximum Gasteiger partial charge on any atom is 0.240 e. The Bertz CT molecular complexity index is 236. The summed E-state index contributed by atoms with van der Waals surface area (Å²) in [5.41, 5.74) is 5.95. The molecule has 0 heterocycles. The van der Waals surface area contributed by atoms with Crippen molar-refractivity contribution in [3.05, 3.63) is 0 Å². The van der Waals surface area contributed by atoms with Gasteiger partial charge in [-0.1, -0.05) is 60.3 Å². The van der Waals surface area contributed by atoms with E-state index in [4.69, 9.17) is 5.73 Å². The first-order chi connectivity index (χ1) is 8.84. The van der Waals surface area contributed by atoms with Crippen molar-refractivity contribution in [2.75, 3.05) is 13.1 Å². The average molecular weight is 270 g/mol. The third-order valence-electron chi connectivity index (χ3n) is 3.57. The minimum absolute atomic E-state index is 0.125. The Labute approximate surface area is 119 Å². The van der Waals surface area contributed by atoms with Gasteiger partial charge in [-0.25, -0.2) is 0 Å². The van der Waals surface area contributed by atoms with Crippen LogP contribution in [-0.4, -0.2) is 29.9 Å². The predicted molar refractivity (Wildman–Crippen MR) is 83.1 cm³/mol. The fourth-order valence-electron chi connectivity index (χ4n) is 2.00. The molecule has 114 valence electrons. The van der Waals surface area contributed by atoms with Crippen molar-refractivity contribution in [3.8, 4) is 0 Å². The topological polar surface area (TPSA) is 46.3 Å². The number of hydrogen-bond acceptors (Lipinski definition) is 2. The monoisotopic (exact) mass is 270 g/mol. The van der Waals surface area contributed by atoms with E-state index in [9.17, 15) is 4.79 Å². The molecule has 0 aliphatic heterocycles. The van der Waals surface area contributed by atoms with E-state index in [-0.39, 0.29) is 11.3 Å². The van der Waals surface area contributed by atoms with Crippen LogP contribution in [0, 0.1) is 5.41 Å². The summed E-state index contributed by atoms with van der Waals surface area (Å²) in [7, 11) is 0. The zero-order valence-electron chi connectivity index (χ0n) is 13.7. The fourth-order valence-corrected chi connectivity index (χ4v) is 2.00. The molecule has 0 aromatic rings. The quantitative estimate of drug-likeness (QED) is 0.651. The Balaban J connectivity index is 4.47. The van der Waals surface area contributed by atoms with Gasteiger partial charge >= 0.3 is 0 Å². The lowest BCUT2D eigenvalue weighted by atomic mass is 9.86. The Hall–Kier alpha value is -0.570. The van der Waals surface area contributed by atoms with Crippen LogP contribution in [0.4, 0.5) is 0 Å². The van der Waals surface area contributed by atoms with Gasteiger partial charge in [0.15, 0.2) is 0 Å². The third-order valence-corrected chi connectivity index (χ3v) is 3.57. The van der Waals surface area contributed by atoms with Crippen LogP contribution in [0.1, 0.15) is 73.1 Å². The lowest BCUT2D eigenvalue weighted by Gasteiger charge is -2.32. The van der Waals surface area contributed by atoms with Crippen molar-refractivity contribution in [2.45, 2.75) is 79.2 Å². The molecule has 19 heavy (non-hydrogen) atoms. The van der Waals surface area contributed by atoms with E-state index >= 15 is 0 Å². The second kappa shape index (κ2) is 9.35. The molecule has 2 N–H and O–H groups in total. The van der Waals surface area contributed by atoms with Crippen LogP contribution in [0.25, 0.3) is 0 Å². The number of amides is 1. The molecule has 1 amide bonds. The van der Waals surface area contributed by atoms with Crippen molar-refractivity contribution < 1.29 is 4.79 Å². The molecule has 0 unspecified atom stereocenters. The molecule has 0 fully saturated rings. The molecule has 0 bridgehead atoms. The lowest BCUT2D eigenvalue weighted by Crippen LogP contribution is -2.50. The van der Waals surface area contributed by atoms with Crippen molar-refractivity contribution in [2.24, 2.45) is 11.1 Å². The zero-order chi connectivity index (χ0) is 14.9. The van der Waals surface area contributed by atoms with Crippen molar-refractivity contribution in [1.29, 1.82) is 0 Å². The van der Waals surface area contributed by atoms with Gasteiger partial charge in [-0.3, -0.25) is 4.79 Å². The highest BCUT2D eigenvalue weighted by atomic mass is 16.2. The Morgan fingerprint density at radius 1 is 1.00 bits per heavy atom. The Morgan fingerprint density at radius 3 is 1.74 bits per heavy atom. The molecule has 0 radical (unpaired) electrons. The van der Waals surface area contributed by atoms with E-state index in [1.54, 1.807) is 0 Å². The van der Waals surface area contributed by atoms with Gasteiger partial charge in [-0.15, -0.1) is 0 Å². The molecule has 0 spiro atoms. The smallest absolute Gasteiger partial charge is 0.240 e. The first-order valence-electron chi connectivity index (χ1n) is 7.89. The number of nitrogens with zero attached hydrogens (tertiary/aromatic N) is 1. The first-order valence-corrected chi connectivity index (χ1v) is 7.89. The summed E-state index contributed by atoms with van der Waals surface area (Å²) < 4.78 is 0. The van der Waals surface area contributed by atoms with Crippen molar-refractivity contribution >= 4 is 5.91 Å². The Kier molecular flexibility index (Phi) is 9.07. The van der Waals surface area contributed by atoms with Crippen LogP contribution in [0.2, 0.25) is 0 Å². The summed E-state index contributed by atoms with van der Waals surface area (Å²) in [5, 5.41) is 0. The lowest BCUT2D eigenvalue weighted by molar-refractivity contribution is -0.135. The first kappa shape index (κ1) is 18.4. The SMILES string of the molecule is CCCCCN(CCCCC)C(=O)[C@@H](N)C(C)(C)C. The number of nitrogens with two attached hydrogens (primary N) is 1. The number of rotatable bonds is 9. The number of carbonyl (C=O) groups excluding carboxylic acids is 1. The molecule has 0 saturated carbocycles. The molecule has 0 saturated heterocycles. The Morgan fingerprint density at radius 2 is 1.42 bits per heavy atom. The maximum atomic E-state index is 12.5. The normalized spacial score (nSPS) is 13.4. The summed E-state index contributed by atoms with van der Waals surface area (Å²) in [6.07, 6.45) is 6.91. The molecular weight excluding hydrogens is 236 g/mol. The van der Waals surface area contributed by atoms with Gasteiger partial charge in [0.1, 0.15) is 0 Å². The highest BCUT2D eigenvalue weighted by Crippen LogP contribution is 2.19. The number of unbranched alkanes of at least 4 members (excludes halogenated alkanes) is 4. The maximum absolute atomic E-state index is 12.5. The summed E-state index contributed by atoms with van der Waals surface area (Å²) >= 11 is 0. The van der Waals surface area contributed by atoms with Gasteiger partial charge in [0.25, 0.3) is 0 Å². The van der Waals surface area contributed by atoms with E-state index in [0.717, 1.165) is 25.9 Å². The van der Waals surface area contributed by atoms with Gasteiger partial charge < -0.3 is 10.6 Å². The van der Waals surface area contributed by atoms with Crippen LogP contribution in [-0.2, 0) is 4.79 Å². The average Bonchev–Trinajstić information content (AvgIpc) is 2.34. The van der Waals surface area contributed by atoms with Gasteiger partial charge in [-0.2, -0.15) is 0 Å². The van der Waals surface area contributed by atoms with Crippen molar-refractivity contribution in [1.82, 2.24) is 4.90 Å². The zero-order valence-corrected chi connectivity index (χ0v) is 13.7. The minimum Gasteiger partial charge on any atom is -0.341 e. The van der Waals surface area contributed by atoms with Crippen LogP contribution in [0.5, 0.6) is 0 Å². The summed E-state index contributed by atoms with van der Waals surface area (Å²) in [4.78, 5) is 14.5. The number of carbonyl (C=O) groups is 1. The molecule has 0 aliphatic rings. The molecule has 1 atom stereocenters. The van der Waals surface area contributed by atoms with Gasteiger partial charge in [-0.05, 0) is 18.3 Å². The molecular formula is C16H34N2O. The van der Waals surface area contributed by atoms with E-state index in [1.165, 1.54) is 25.7 Å². The van der Waals surface area contributed by atoms with Crippen LogP contribution in [0.15, 0.2) is 0 Å². The van der Waals surface area contributed by atoms with E-state index in [0.29, 0.717) is 0 Å². The second-order valence-electron chi connectivity index (χ2n) is 6.58. The van der Waals surface area contributed by atoms with Gasteiger partial charge in [0, 0.05) is 13.1 Å². The van der Waals surface area contributed by atoms with Crippen LogP contribution >= 0.6 is 0 Å². The molecule has 0 aromatic carbocycles. The third kappa shape index (κ3) is 7.56. The standard InChI is InChI=1S/C16H34N2O/c1-6-8-10-12-18(13-11-9-7-2)15(19)14(17)16(3,4)5/h14H,6-13,17H2,1-5H3/t14-/m1/s1. The van der Waals surface area contributed by atoms with Crippen LogP contribution < -0.4 is 5.73 Å². The molecule has 0 rings (SSSR count). The van der Waals surface area contributed by atoms with Gasteiger partial charge in [0.2, 0.25) is 5.91 Å². The van der Waals surface area contributed by atoms with E-state index in [1.807, 2.05) is 25.7 Å². The van der Waals surface area contributed by atoms with E-state index < -0.39 is 6.04 Å². The highest BCUT2D eigenvalue weighted by Gasteiger charge is 2.30. The molecule has 3 heteroatoms. The van der Waals surface area contributed by atoms with Gasteiger partial charge in [0.05, 0.1) is 6.04 Å². The minimum atomic E-state index is -0.393.